The Morgan fingerprint density at radius 1 is 0.783 bits per heavy atom. The van der Waals surface area contributed by atoms with Crippen LogP contribution in [0, 0.1) is 0 Å². The van der Waals surface area contributed by atoms with Crippen molar-refractivity contribution >= 4 is 23.1 Å². The molecule has 0 atom stereocenters. The van der Waals surface area contributed by atoms with Gasteiger partial charge >= 0.3 is 0 Å². The molecular formula is C19H22O4. The average Bonchev–Trinajstić information content (AvgIpc) is 2.50. The first-order valence-corrected chi connectivity index (χ1v) is 7.61. The van der Waals surface area contributed by atoms with Crippen LogP contribution in [-0.4, -0.2) is 23.1 Å². The Hall–Kier alpha value is -2.36. The van der Waals surface area contributed by atoms with Crippen molar-refractivity contribution in [2.75, 3.05) is 0 Å². The Bertz CT molecular complexity index is 636. The highest BCUT2D eigenvalue weighted by molar-refractivity contribution is 6.05. The first-order chi connectivity index (χ1) is 10.7. The number of hydrogen-bond acceptors (Lipinski definition) is 4. The molecule has 4 heteroatoms. The Labute approximate surface area is 136 Å². The second-order valence-corrected chi connectivity index (χ2v) is 5.75. The van der Waals surface area contributed by atoms with E-state index >= 15 is 0 Å². The van der Waals surface area contributed by atoms with Crippen LogP contribution in [0.3, 0.4) is 0 Å². The molecule has 0 saturated heterocycles. The predicted octanol–water partition coefficient (Wildman–Crippen LogP) is 3.98. The fraction of sp³-hybridized carbons (Fsp3) is 0.368. The van der Waals surface area contributed by atoms with E-state index in [1.165, 1.54) is 32.0 Å². The van der Waals surface area contributed by atoms with Crippen molar-refractivity contribution in [2.24, 2.45) is 0 Å². The second kappa shape index (κ2) is 8.32. The van der Waals surface area contributed by atoms with Gasteiger partial charge in [-0.2, -0.15) is 0 Å². The summed E-state index contributed by atoms with van der Waals surface area (Å²) in [6, 6.07) is 4.55. The molecule has 0 aliphatic rings. The highest BCUT2D eigenvalue weighted by Gasteiger charge is 2.13. The molecule has 0 aromatic heterocycles. The minimum Gasteiger partial charge on any atom is -0.295 e. The monoisotopic (exact) mass is 314 g/mol. The molecule has 1 aromatic carbocycles. The zero-order valence-electron chi connectivity index (χ0n) is 13.9. The van der Waals surface area contributed by atoms with Crippen molar-refractivity contribution in [1.82, 2.24) is 0 Å². The minimum absolute atomic E-state index is 0.00916. The van der Waals surface area contributed by atoms with Crippen LogP contribution in [-0.2, 0) is 4.79 Å². The van der Waals surface area contributed by atoms with Gasteiger partial charge < -0.3 is 0 Å². The molecule has 0 saturated carbocycles. The van der Waals surface area contributed by atoms with Gasteiger partial charge in [-0.1, -0.05) is 6.58 Å². The van der Waals surface area contributed by atoms with E-state index in [0.717, 1.165) is 0 Å². The van der Waals surface area contributed by atoms with Crippen molar-refractivity contribution in [3.8, 4) is 0 Å². The van der Waals surface area contributed by atoms with Gasteiger partial charge in [0.1, 0.15) is 0 Å². The van der Waals surface area contributed by atoms with E-state index in [1.54, 1.807) is 6.92 Å². The highest BCUT2D eigenvalue weighted by Crippen LogP contribution is 2.16. The van der Waals surface area contributed by atoms with Gasteiger partial charge in [0.25, 0.3) is 0 Å². The third-order valence-electron chi connectivity index (χ3n) is 3.60. The van der Waals surface area contributed by atoms with Gasteiger partial charge in [0.05, 0.1) is 0 Å². The predicted molar refractivity (Wildman–Crippen MR) is 89.1 cm³/mol. The third-order valence-corrected chi connectivity index (χ3v) is 3.60. The Kier molecular flexibility index (Phi) is 6.76. The van der Waals surface area contributed by atoms with E-state index in [-0.39, 0.29) is 29.6 Å². The summed E-state index contributed by atoms with van der Waals surface area (Å²) in [5.74, 6) is -0.489. The summed E-state index contributed by atoms with van der Waals surface area (Å²) in [5.41, 5.74) is 1.61. The summed E-state index contributed by atoms with van der Waals surface area (Å²) in [6.45, 7) is 8.06. The molecule has 0 radical (unpaired) electrons. The van der Waals surface area contributed by atoms with Crippen LogP contribution in [0.5, 0.6) is 0 Å². The molecule has 0 aliphatic heterocycles. The van der Waals surface area contributed by atoms with Crippen LogP contribution in [0.15, 0.2) is 30.4 Å². The number of unbranched alkanes of at least 4 members (excludes halogenated alkanes) is 1. The van der Waals surface area contributed by atoms with Crippen molar-refractivity contribution in [2.45, 2.75) is 46.5 Å². The molecule has 0 fully saturated rings. The zero-order valence-corrected chi connectivity index (χ0v) is 13.9. The molecule has 1 aromatic rings. The van der Waals surface area contributed by atoms with Gasteiger partial charge in [-0.15, -0.1) is 0 Å². The average molecular weight is 314 g/mol. The maximum Gasteiger partial charge on any atom is 0.162 e. The maximum atomic E-state index is 12.2. The lowest BCUT2D eigenvalue weighted by Gasteiger charge is -2.06. The van der Waals surface area contributed by atoms with Gasteiger partial charge in [0, 0.05) is 29.5 Å². The summed E-state index contributed by atoms with van der Waals surface area (Å²) in [7, 11) is 0. The molecule has 122 valence electrons. The number of ketones is 4. The topological polar surface area (TPSA) is 68.3 Å². The molecule has 0 heterocycles. The first-order valence-electron chi connectivity index (χ1n) is 7.61. The van der Waals surface area contributed by atoms with E-state index in [1.807, 2.05) is 0 Å². The van der Waals surface area contributed by atoms with Crippen LogP contribution in [0.25, 0.3) is 0 Å². The number of benzene rings is 1. The number of carbonyl (C=O) groups is 4. The molecule has 0 bridgehead atoms. The number of rotatable bonds is 9. The summed E-state index contributed by atoms with van der Waals surface area (Å²) >= 11 is 0. The fourth-order valence-corrected chi connectivity index (χ4v) is 2.12. The molecule has 0 unspecified atom stereocenters. The molecule has 0 N–H and O–H groups in total. The highest BCUT2D eigenvalue weighted by atomic mass is 16.1. The van der Waals surface area contributed by atoms with E-state index in [9.17, 15) is 19.2 Å². The van der Waals surface area contributed by atoms with Crippen LogP contribution in [0.4, 0.5) is 0 Å². The molecule has 0 spiro atoms. The van der Waals surface area contributed by atoms with Crippen molar-refractivity contribution < 1.29 is 19.2 Å². The molecule has 1 rings (SSSR count). The Morgan fingerprint density at radius 2 is 1.22 bits per heavy atom. The molecule has 0 amide bonds. The van der Waals surface area contributed by atoms with Gasteiger partial charge in [0.2, 0.25) is 0 Å². The van der Waals surface area contributed by atoms with Crippen LogP contribution in [0.1, 0.15) is 77.5 Å². The lowest BCUT2D eigenvalue weighted by Crippen LogP contribution is -2.06. The lowest BCUT2D eigenvalue weighted by atomic mass is 9.96. The quantitative estimate of drug-likeness (QED) is 0.393. The third kappa shape index (κ3) is 5.74. The molecule has 0 aliphatic carbocycles. The van der Waals surface area contributed by atoms with Gasteiger partial charge in [-0.25, -0.2) is 0 Å². The SMILES string of the molecule is C=C(C)C(=O)CCCCC(=O)c1cc(C(C)=O)cc(C(C)=O)c1. The van der Waals surface area contributed by atoms with Crippen LogP contribution in [0.2, 0.25) is 0 Å². The number of Topliss-reactive ketones (excluding diaryl/α,β-unsaturated/α-hetero) is 4. The summed E-state index contributed by atoms with van der Waals surface area (Å²) in [4.78, 5) is 46.7. The first kappa shape index (κ1) is 18.7. The van der Waals surface area contributed by atoms with E-state index < -0.39 is 0 Å². The smallest absolute Gasteiger partial charge is 0.162 e. The van der Waals surface area contributed by atoms with Crippen molar-refractivity contribution in [1.29, 1.82) is 0 Å². The summed E-state index contributed by atoms with van der Waals surface area (Å²) in [5, 5.41) is 0. The lowest BCUT2D eigenvalue weighted by molar-refractivity contribution is -0.115. The van der Waals surface area contributed by atoms with Crippen LogP contribution >= 0.6 is 0 Å². The van der Waals surface area contributed by atoms with Gasteiger partial charge in [0.15, 0.2) is 23.1 Å². The van der Waals surface area contributed by atoms with E-state index in [0.29, 0.717) is 41.5 Å². The number of carbonyl (C=O) groups excluding carboxylic acids is 4. The van der Waals surface area contributed by atoms with E-state index in [4.69, 9.17) is 0 Å². The van der Waals surface area contributed by atoms with Crippen LogP contribution < -0.4 is 0 Å². The van der Waals surface area contributed by atoms with Crippen molar-refractivity contribution in [3.63, 3.8) is 0 Å². The zero-order chi connectivity index (χ0) is 17.6. The number of allylic oxidation sites excluding steroid dienone is 1. The fourth-order valence-electron chi connectivity index (χ4n) is 2.12. The standard InChI is InChI=1S/C19H22O4/c1-12(2)18(22)7-5-6-8-19(23)17-10-15(13(3)20)9-16(11-17)14(4)21/h9-11H,1,5-8H2,2-4H3. The minimum atomic E-state index is -0.186. The number of hydrogen-bond donors (Lipinski definition) is 0. The van der Waals surface area contributed by atoms with Gasteiger partial charge in [-0.05, 0) is 57.4 Å². The Morgan fingerprint density at radius 3 is 1.65 bits per heavy atom. The largest absolute Gasteiger partial charge is 0.295 e. The molecule has 23 heavy (non-hydrogen) atoms. The van der Waals surface area contributed by atoms with Crippen molar-refractivity contribution in [3.05, 3.63) is 47.0 Å². The Balaban J connectivity index is 2.75. The summed E-state index contributed by atoms with van der Waals surface area (Å²) < 4.78 is 0. The maximum absolute atomic E-state index is 12.2. The molecular weight excluding hydrogens is 292 g/mol. The second-order valence-electron chi connectivity index (χ2n) is 5.75. The molecule has 4 nitrogen and oxygen atoms in total. The van der Waals surface area contributed by atoms with Gasteiger partial charge in [-0.3, -0.25) is 19.2 Å². The van der Waals surface area contributed by atoms with E-state index in [2.05, 4.69) is 6.58 Å². The summed E-state index contributed by atoms with van der Waals surface area (Å²) in [6.07, 6.45) is 1.86. The normalized spacial score (nSPS) is 10.2.